The molecule has 0 aliphatic carbocycles. The van der Waals surface area contributed by atoms with E-state index in [2.05, 4.69) is 0 Å². The molecule has 1 fully saturated rings. The molecule has 1 saturated heterocycles. The molecule has 0 aromatic carbocycles. The Kier molecular flexibility index (Phi) is 4.00. The summed E-state index contributed by atoms with van der Waals surface area (Å²) in [6.07, 6.45) is -4.76. The predicted molar refractivity (Wildman–Crippen MR) is 53.8 cm³/mol. The third-order valence-corrected chi connectivity index (χ3v) is 2.86. The van der Waals surface area contributed by atoms with Crippen molar-refractivity contribution in [3.05, 3.63) is 0 Å². The van der Waals surface area contributed by atoms with E-state index in [9.17, 15) is 13.2 Å². The minimum atomic E-state index is -4.06. The molecule has 1 atom stereocenters. The molecule has 0 amide bonds. The third kappa shape index (κ3) is 3.99. The van der Waals surface area contributed by atoms with Crippen LogP contribution < -0.4 is 0 Å². The smallest absolute Gasteiger partial charge is 0.304 e. The zero-order valence-corrected chi connectivity index (χ0v) is 9.51. The van der Waals surface area contributed by atoms with Gasteiger partial charge in [0.05, 0.1) is 6.42 Å². The van der Waals surface area contributed by atoms with Crippen molar-refractivity contribution in [1.29, 1.82) is 0 Å². The van der Waals surface area contributed by atoms with Gasteiger partial charge in [-0.3, -0.25) is 4.90 Å². The standard InChI is InChI=1S/C10H19F3N2/c1-8(2)15-5-4-14(3)7-9(15)6-10(11,12)13/h8-9H,4-7H2,1-3H3. The van der Waals surface area contributed by atoms with Crippen molar-refractivity contribution in [2.75, 3.05) is 26.7 Å². The Morgan fingerprint density at radius 1 is 1.27 bits per heavy atom. The molecule has 0 radical (unpaired) electrons. The molecular weight excluding hydrogens is 205 g/mol. The highest BCUT2D eigenvalue weighted by Gasteiger charge is 2.37. The Hall–Kier alpha value is -0.290. The fourth-order valence-corrected chi connectivity index (χ4v) is 2.15. The topological polar surface area (TPSA) is 6.48 Å². The maximum atomic E-state index is 12.4. The first-order valence-electron chi connectivity index (χ1n) is 5.30. The molecule has 2 nitrogen and oxygen atoms in total. The molecule has 1 heterocycles. The van der Waals surface area contributed by atoms with Gasteiger partial charge in [0, 0.05) is 31.7 Å². The van der Waals surface area contributed by atoms with Gasteiger partial charge in [0.2, 0.25) is 0 Å². The summed E-state index contributed by atoms with van der Waals surface area (Å²) >= 11 is 0. The third-order valence-electron chi connectivity index (χ3n) is 2.86. The highest BCUT2D eigenvalue weighted by atomic mass is 19.4. The molecule has 0 spiro atoms. The van der Waals surface area contributed by atoms with Crippen LogP contribution in [0.15, 0.2) is 0 Å². The van der Waals surface area contributed by atoms with Gasteiger partial charge in [-0.05, 0) is 20.9 Å². The van der Waals surface area contributed by atoms with Crippen LogP contribution in [0.1, 0.15) is 20.3 Å². The number of hydrogen-bond donors (Lipinski definition) is 0. The zero-order chi connectivity index (χ0) is 11.6. The maximum absolute atomic E-state index is 12.4. The van der Waals surface area contributed by atoms with E-state index in [1.807, 2.05) is 30.7 Å². The lowest BCUT2D eigenvalue weighted by molar-refractivity contribution is -0.153. The minimum absolute atomic E-state index is 0.186. The Balaban J connectivity index is 2.62. The summed E-state index contributed by atoms with van der Waals surface area (Å²) in [6.45, 7) is 6.00. The molecule has 15 heavy (non-hydrogen) atoms. The first-order chi connectivity index (χ1) is 6.79. The summed E-state index contributed by atoms with van der Waals surface area (Å²) in [5, 5.41) is 0. The highest BCUT2D eigenvalue weighted by molar-refractivity contribution is 4.84. The van der Waals surface area contributed by atoms with Crippen LogP contribution in [-0.2, 0) is 0 Å². The van der Waals surface area contributed by atoms with E-state index >= 15 is 0 Å². The van der Waals surface area contributed by atoms with E-state index in [0.717, 1.165) is 13.1 Å². The Bertz CT molecular complexity index is 203. The lowest BCUT2D eigenvalue weighted by Gasteiger charge is -2.42. The van der Waals surface area contributed by atoms with Crippen LogP contribution in [0.3, 0.4) is 0 Å². The first kappa shape index (κ1) is 12.8. The van der Waals surface area contributed by atoms with Crippen molar-refractivity contribution in [3.8, 4) is 0 Å². The number of piperazine rings is 1. The van der Waals surface area contributed by atoms with Crippen molar-refractivity contribution >= 4 is 0 Å². The fourth-order valence-electron chi connectivity index (χ4n) is 2.15. The molecular formula is C10H19F3N2. The Morgan fingerprint density at radius 3 is 2.33 bits per heavy atom. The summed E-state index contributed by atoms with van der Waals surface area (Å²) < 4.78 is 37.1. The molecule has 0 bridgehead atoms. The number of alkyl halides is 3. The van der Waals surface area contributed by atoms with Gasteiger partial charge in [0.25, 0.3) is 0 Å². The van der Waals surface area contributed by atoms with Crippen molar-refractivity contribution in [1.82, 2.24) is 9.80 Å². The maximum Gasteiger partial charge on any atom is 0.390 e. The lowest BCUT2D eigenvalue weighted by Crippen LogP contribution is -2.55. The van der Waals surface area contributed by atoms with Gasteiger partial charge in [-0.1, -0.05) is 0 Å². The summed E-state index contributed by atoms with van der Waals surface area (Å²) in [6, 6.07) is -0.199. The van der Waals surface area contributed by atoms with Gasteiger partial charge in [-0.15, -0.1) is 0 Å². The van der Waals surface area contributed by atoms with E-state index in [0.29, 0.717) is 6.54 Å². The monoisotopic (exact) mass is 224 g/mol. The molecule has 5 heteroatoms. The minimum Gasteiger partial charge on any atom is -0.304 e. The van der Waals surface area contributed by atoms with E-state index in [4.69, 9.17) is 0 Å². The second kappa shape index (κ2) is 4.70. The summed E-state index contributed by atoms with van der Waals surface area (Å²) in [4.78, 5) is 3.92. The summed E-state index contributed by atoms with van der Waals surface area (Å²) in [7, 11) is 1.88. The Morgan fingerprint density at radius 2 is 1.87 bits per heavy atom. The molecule has 0 aromatic heterocycles. The Labute approximate surface area is 89.0 Å². The van der Waals surface area contributed by atoms with Crippen LogP contribution in [0.4, 0.5) is 13.2 Å². The molecule has 1 unspecified atom stereocenters. The van der Waals surface area contributed by atoms with Gasteiger partial charge < -0.3 is 4.90 Å². The van der Waals surface area contributed by atoms with Crippen LogP contribution >= 0.6 is 0 Å². The van der Waals surface area contributed by atoms with Crippen molar-refractivity contribution in [3.63, 3.8) is 0 Å². The first-order valence-corrected chi connectivity index (χ1v) is 5.30. The number of nitrogens with zero attached hydrogens (tertiary/aromatic N) is 2. The number of halogens is 3. The second-order valence-corrected chi connectivity index (χ2v) is 4.57. The largest absolute Gasteiger partial charge is 0.390 e. The van der Waals surface area contributed by atoms with Crippen LogP contribution in [0.2, 0.25) is 0 Å². The van der Waals surface area contributed by atoms with E-state index in [1.165, 1.54) is 0 Å². The van der Waals surface area contributed by atoms with Gasteiger partial charge in [0.1, 0.15) is 0 Å². The summed E-state index contributed by atoms with van der Waals surface area (Å²) in [5.74, 6) is 0. The molecule has 0 saturated carbocycles. The molecule has 1 aliphatic rings. The van der Waals surface area contributed by atoms with Crippen molar-refractivity contribution < 1.29 is 13.2 Å². The fraction of sp³-hybridized carbons (Fsp3) is 1.00. The van der Waals surface area contributed by atoms with E-state index in [1.54, 1.807) is 0 Å². The number of rotatable bonds is 2. The van der Waals surface area contributed by atoms with Crippen LogP contribution in [0.25, 0.3) is 0 Å². The average Bonchev–Trinajstić information content (AvgIpc) is 1.99. The molecule has 0 aromatic rings. The quantitative estimate of drug-likeness (QED) is 0.707. The van der Waals surface area contributed by atoms with Gasteiger partial charge in [-0.25, -0.2) is 0 Å². The van der Waals surface area contributed by atoms with Crippen molar-refractivity contribution in [2.45, 2.75) is 38.5 Å². The van der Waals surface area contributed by atoms with Gasteiger partial charge >= 0.3 is 6.18 Å². The predicted octanol–water partition coefficient (Wildman–Crippen LogP) is 1.96. The van der Waals surface area contributed by atoms with E-state index < -0.39 is 12.6 Å². The van der Waals surface area contributed by atoms with E-state index in [-0.39, 0.29) is 12.1 Å². The van der Waals surface area contributed by atoms with Crippen LogP contribution in [0, 0.1) is 0 Å². The zero-order valence-electron chi connectivity index (χ0n) is 9.51. The van der Waals surface area contributed by atoms with Crippen LogP contribution in [0.5, 0.6) is 0 Å². The SMILES string of the molecule is CC(C)N1CCN(C)CC1CC(F)(F)F. The molecule has 0 N–H and O–H groups in total. The lowest BCUT2D eigenvalue weighted by atomic mass is 10.1. The number of hydrogen-bond acceptors (Lipinski definition) is 2. The van der Waals surface area contributed by atoms with Gasteiger partial charge in [0.15, 0.2) is 0 Å². The molecule has 1 rings (SSSR count). The molecule has 1 aliphatic heterocycles. The summed E-state index contributed by atoms with van der Waals surface area (Å²) in [5.41, 5.74) is 0. The normalized spacial score (nSPS) is 26.2. The average molecular weight is 224 g/mol. The van der Waals surface area contributed by atoms with Crippen molar-refractivity contribution in [2.24, 2.45) is 0 Å². The second-order valence-electron chi connectivity index (χ2n) is 4.57. The molecule has 90 valence electrons. The number of likely N-dealkylation sites (N-methyl/N-ethyl adjacent to an activating group) is 1. The van der Waals surface area contributed by atoms with Gasteiger partial charge in [-0.2, -0.15) is 13.2 Å². The highest BCUT2D eigenvalue weighted by Crippen LogP contribution is 2.26. The van der Waals surface area contributed by atoms with Crippen LogP contribution in [-0.4, -0.2) is 54.7 Å².